The molecule has 0 aromatic heterocycles. The van der Waals surface area contributed by atoms with Crippen LogP contribution in [0.3, 0.4) is 0 Å². The van der Waals surface area contributed by atoms with Gasteiger partial charge in [-0.3, -0.25) is 14.5 Å². The molecule has 3 N–H and O–H groups in total. The van der Waals surface area contributed by atoms with Gasteiger partial charge in [-0.05, 0) is 6.92 Å². The van der Waals surface area contributed by atoms with Gasteiger partial charge in [-0.15, -0.1) is 0 Å². The largest absolute Gasteiger partial charge is 0.481 e. The molecule has 6 nitrogen and oxygen atoms in total. The molecule has 0 spiro atoms. The monoisotopic (exact) mass is 189 g/mol. The van der Waals surface area contributed by atoms with Crippen molar-refractivity contribution in [3.8, 4) is 0 Å². The molecule has 1 heterocycles. The Hall–Kier alpha value is -1.14. The topological polar surface area (TPSA) is 97.8 Å². The predicted molar refractivity (Wildman–Crippen MR) is 41.0 cm³/mol. The first kappa shape index (κ1) is 9.94. The maximum absolute atomic E-state index is 10.6. The molecule has 1 fully saturated rings. The fourth-order valence-electron chi connectivity index (χ4n) is 1.23. The summed E-state index contributed by atoms with van der Waals surface area (Å²) in [6, 6.07) is -1.13. The van der Waals surface area contributed by atoms with Gasteiger partial charge < -0.3 is 15.3 Å². The van der Waals surface area contributed by atoms with Crippen molar-refractivity contribution in [2.45, 2.75) is 25.1 Å². The fraction of sp³-hybridized carbons (Fsp3) is 0.714. The van der Waals surface area contributed by atoms with E-state index in [4.69, 9.17) is 10.2 Å². The molecule has 3 atom stereocenters. The van der Waals surface area contributed by atoms with Gasteiger partial charge in [-0.25, -0.2) is 0 Å². The highest BCUT2D eigenvalue weighted by molar-refractivity contribution is 5.81. The lowest BCUT2D eigenvalue weighted by Gasteiger charge is -2.13. The summed E-state index contributed by atoms with van der Waals surface area (Å²) < 4.78 is 0. The molecule has 74 valence electrons. The van der Waals surface area contributed by atoms with Gasteiger partial charge in [-0.1, -0.05) is 0 Å². The molecular formula is C7H11NO5. The molecule has 0 amide bonds. The number of aliphatic hydroxyl groups is 1. The van der Waals surface area contributed by atoms with E-state index in [0.29, 0.717) is 0 Å². The second kappa shape index (κ2) is 2.97. The Morgan fingerprint density at radius 3 is 2.23 bits per heavy atom. The summed E-state index contributed by atoms with van der Waals surface area (Å²) in [5.74, 6) is -2.41. The number of carboxylic acid groups (broad SMARTS) is 2. The third-order valence-corrected chi connectivity index (χ3v) is 2.01. The predicted octanol–water partition coefficient (Wildman–Crippen LogP) is -1.06. The third-order valence-electron chi connectivity index (χ3n) is 2.01. The van der Waals surface area contributed by atoms with Crippen LogP contribution in [0.4, 0.5) is 0 Å². The maximum Gasteiger partial charge on any atom is 0.321 e. The highest BCUT2D eigenvalue weighted by Crippen LogP contribution is 2.32. The van der Waals surface area contributed by atoms with Gasteiger partial charge in [0.2, 0.25) is 0 Å². The summed E-state index contributed by atoms with van der Waals surface area (Å²) in [4.78, 5) is 22.1. The van der Waals surface area contributed by atoms with Gasteiger partial charge in [0.05, 0.1) is 6.42 Å². The minimum Gasteiger partial charge on any atom is -0.481 e. The van der Waals surface area contributed by atoms with Crippen LogP contribution in [-0.2, 0) is 9.59 Å². The van der Waals surface area contributed by atoms with E-state index in [9.17, 15) is 14.7 Å². The van der Waals surface area contributed by atoms with E-state index < -0.39 is 30.1 Å². The number of rotatable bonds is 4. The van der Waals surface area contributed by atoms with E-state index in [1.807, 2.05) is 0 Å². The molecule has 1 saturated heterocycles. The first-order chi connectivity index (χ1) is 5.84. The zero-order valence-electron chi connectivity index (χ0n) is 7.10. The second-order valence-electron chi connectivity index (χ2n) is 3.30. The number of β-amino-alcohol motifs (C(OH)–C–C–N with tert-alkyl or cyclic N) is 1. The van der Waals surface area contributed by atoms with Gasteiger partial charge in [-0.2, -0.15) is 0 Å². The Balaban J connectivity index is 2.60. The summed E-state index contributed by atoms with van der Waals surface area (Å²) >= 11 is 0. The lowest BCUT2D eigenvalue weighted by Crippen LogP contribution is -2.35. The number of carboxylic acids is 2. The van der Waals surface area contributed by atoms with Crippen LogP contribution in [0, 0.1) is 0 Å². The van der Waals surface area contributed by atoms with Crippen molar-refractivity contribution >= 4 is 11.9 Å². The van der Waals surface area contributed by atoms with Crippen LogP contribution in [0.1, 0.15) is 13.3 Å². The zero-order chi connectivity index (χ0) is 10.2. The Bertz CT molecular complexity index is 249. The number of carbonyl (C=O) groups is 2. The van der Waals surface area contributed by atoms with Crippen molar-refractivity contribution in [3.63, 3.8) is 0 Å². The average Bonchev–Trinajstić information content (AvgIpc) is 2.53. The number of nitrogens with zero attached hydrogens (tertiary/aromatic N) is 1. The Kier molecular flexibility index (Phi) is 2.27. The third kappa shape index (κ3) is 2.16. The average molecular weight is 189 g/mol. The molecule has 13 heavy (non-hydrogen) atoms. The number of aliphatic carboxylic acids is 2. The molecule has 2 unspecified atom stereocenters. The van der Waals surface area contributed by atoms with E-state index in [2.05, 4.69) is 0 Å². The standard InChI is InChI=1S/C7H11NO5/c1-7(13)3-8(7)4(6(11)12)2-5(9)10/h4,13H,2-3H2,1H3,(H,9,10)(H,11,12)/t4-,7?,8?/m0/s1. The smallest absolute Gasteiger partial charge is 0.321 e. The van der Waals surface area contributed by atoms with Crippen LogP contribution >= 0.6 is 0 Å². The highest BCUT2D eigenvalue weighted by Gasteiger charge is 2.52. The molecule has 1 aliphatic heterocycles. The first-order valence-electron chi connectivity index (χ1n) is 3.78. The van der Waals surface area contributed by atoms with Crippen molar-refractivity contribution in [2.24, 2.45) is 0 Å². The summed E-state index contributed by atoms with van der Waals surface area (Å²) in [7, 11) is 0. The molecule has 0 aliphatic carbocycles. The number of hydrogen-bond donors (Lipinski definition) is 3. The molecule has 0 aromatic carbocycles. The van der Waals surface area contributed by atoms with Crippen molar-refractivity contribution in [3.05, 3.63) is 0 Å². The molecule has 0 aromatic rings. The minimum atomic E-state index is -1.22. The molecule has 0 saturated carbocycles. The number of hydrogen-bond acceptors (Lipinski definition) is 4. The normalized spacial score (nSPS) is 33.8. The fourth-order valence-corrected chi connectivity index (χ4v) is 1.23. The van der Waals surface area contributed by atoms with Crippen LogP contribution in [-0.4, -0.2) is 50.5 Å². The van der Waals surface area contributed by atoms with E-state index in [0.717, 1.165) is 0 Å². The summed E-state index contributed by atoms with van der Waals surface area (Å²) in [5, 5.41) is 26.4. The quantitative estimate of drug-likeness (QED) is 0.487. The van der Waals surface area contributed by atoms with Crippen molar-refractivity contribution in [2.75, 3.05) is 6.54 Å². The van der Waals surface area contributed by atoms with E-state index in [-0.39, 0.29) is 6.54 Å². The van der Waals surface area contributed by atoms with E-state index in [1.54, 1.807) is 0 Å². The lowest BCUT2D eigenvalue weighted by atomic mass is 10.2. The van der Waals surface area contributed by atoms with Crippen LogP contribution in [0.25, 0.3) is 0 Å². The van der Waals surface area contributed by atoms with E-state index in [1.165, 1.54) is 11.8 Å². The van der Waals surface area contributed by atoms with Crippen LogP contribution in [0.2, 0.25) is 0 Å². The molecular weight excluding hydrogens is 178 g/mol. The van der Waals surface area contributed by atoms with Gasteiger partial charge in [0.25, 0.3) is 0 Å². The van der Waals surface area contributed by atoms with Gasteiger partial charge in [0.15, 0.2) is 0 Å². The van der Waals surface area contributed by atoms with Gasteiger partial charge >= 0.3 is 11.9 Å². The van der Waals surface area contributed by atoms with Crippen LogP contribution in [0.5, 0.6) is 0 Å². The van der Waals surface area contributed by atoms with E-state index >= 15 is 0 Å². The minimum absolute atomic E-state index is 0.206. The molecule has 6 heteroatoms. The summed E-state index contributed by atoms with van der Waals surface area (Å²) in [6.45, 7) is 1.65. The SMILES string of the molecule is CC1(O)CN1[C@@H](CC(=O)O)C(=O)O. The molecule has 0 bridgehead atoms. The lowest BCUT2D eigenvalue weighted by molar-refractivity contribution is -0.149. The maximum atomic E-state index is 10.6. The van der Waals surface area contributed by atoms with Crippen molar-refractivity contribution in [1.82, 2.24) is 4.90 Å². The molecule has 0 radical (unpaired) electrons. The second-order valence-corrected chi connectivity index (χ2v) is 3.30. The highest BCUT2D eigenvalue weighted by atomic mass is 16.4. The zero-order valence-corrected chi connectivity index (χ0v) is 7.10. The van der Waals surface area contributed by atoms with Crippen molar-refractivity contribution in [1.29, 1.82) is 0 Å². The first-order valence-corrected chi connectivity index (χ1v) is 3.78. The van der Waals surface area contributed by atoms with Crippen molar-refractivity contribution < 1.29 is 24.9 Å². The van der Waals surface area contributed by atoms with Gasteiger partial charge in [0.1, 0.15) is 11.8 Å². The Morgan fingerprint density at radius 2 is 2.00 bits per heavy atom. The molecule has 1 aliphatic rings. The van der Waals surface area contributed by atoms with Crippen LogP contribution in [0.15, 0.2) is 0 Å². The Labute approximate surface area is 74.4 Å². The molecule has 1 rings (SSSR count). The summed E-state index contributed by atoms with van der Waals surface area (Å²) in [5.41, 5.74) is -1.15. The van der Waals surface area contributed by atoms with Crippen LogP contribution < -0.4 is 0 Å². The summed E-state index contributed by atoms with van der Waals surface area (Å²) in [6.07, 6.45) is -0.495. The Morgan fingerprint density at radius 1 is 1.54 bits per heavy atom. The van der Waals surface area contributed by atoms with Gasteiger partial charge in [0, 0.05) is 6.54 Å².